The molecule has 1 aromatic carbocycles. The average molecular weight is 253 g/mol. The fourth-order valence-corrected chi connectivity index (χ4v) is 2.69. The van der Waals surface area contributed by atoms with E-state index in [2.05, 4.69) is 52.6 Å². The maximum Gasteiger partial charge on any atom is 0.137 e. The molecular formula is C16H19N3. The van der Waals surface area contributed by atoms with Crippen molar-refractivity contribution in [3.05, 3.63) is 54.2 Å². The number of anilines is 2. The Morgan fingerprint density at radius 3 is 2.74 bits per heavy atom. The Morgan fingerprint density at radius 1 is 1.16 bits per heavy atom. The zero-order valence-electron chi connectivity index (χ0n) is 11.2. The van der Waals surface area contributed by atoms with Crippen LogP contribution in [0.4, 0.5) is 11.5 Å². The molecule has 3 rings (SSSR count). The van der Waals surface area contributed by atoms with Crippen LogP contribution in [-0.2, 0) is 0 Å². The average Bonchev–Trinajstić information content (AvgIpc) is 3.01. The zero-order chi connectivity index (χ0) is 13.1. The smallest absolute Gasteiger partial charge is 0.137 e. The topological polar surface area (TPSA) is 28.2 Å². The van der Waals surface area contributed by atoms with E-state index in [4.69, 9.17) is 0 Å². The Bertz CT molecular complexity index is 533. The summed E-state index contributed by atoms with van der Waals surface area (Å²) in [5, 5.41) is 3.55. The van der Waals surface area contributed by atoms with Crippen molar-refractivity contribution >= 4 is 11.5 Å². The monoisotopic (exact) mass is 253 g/mol. The van der Waals surface area contributed by atoms with E-state index in [0.717, 1.165) is 12.4 Å². The molecule has 0 unspecified atom stereocenters. The molecule has 1 saturated heterocycles. The third kappa shape index (κ3) is 2.47. The first-order valence-corrected chi connectivity index (χ1v) is 6.83. The summed E-state index contributed by atoms with van der Waals surface area (Å²) in [6, 6.07) is 15.0. The number of benzene rings is 1. The number of rotatable bonds is 3. The molecule has 98 valence electrons. The summed E-state index contributed by atoms with van der Waals surface area (Å²) >= 11 is 0. The summed E-state index contributed by atoms with van der Waals surface area (Å²) in [6.07, 6.45) is 4.31. The van der Waals surface area contributed by atoms with E-state index >= 15 is 0 Å². The minimum absolute atomic E-state index is 0.440. The van der Waals surface area contributed by atoms with Crippen LogP contribution in [0.25, 0.3) is 0 Å². The minimum Gasteiger partial charge on any atom is -0.329 e. The lowest BCUT2D eigenvalue weighted by Crippen LogP contribution is -2.19. The summed E-state index contributed by atoms with van der Waals surface area (Å²) in [6.45, 7) is 1.11. The number of hydrogen-bond acceptors (Lipinski definition) is 3. The normalized spacial score (nSPS) is 18.5. The van der Waals surface area contributed by atoms with Gasteiger partial charge in [-0.3, -0.25) is 0 Å². The standard InChI is InChI=1S/C16H19N3/c1-19(13-7-3-2-4-8-13)16-14(9-5-12-18-16)15-10-6-11-17-15/h2-5,7-9,12,15,17H,6,10-11H2,1H3/t15-/m0/s1. The van der Waals surface area contributed by atoms with Crippen molar-refractivity contribution in [2.75, 3.05) is 18.5 Å². The second kappa shape index (κ2) is 5.41. The predicted molar refractivity (Wildman–Crippen MR) is 78.7 cm³/mol. The molecular weight excluding hydrogens is 234 g/mol. The molecule has 0 spiro atoms. The molecule has 0 aliphatic carbocycles. The van der Waals surface area contributed by atoms with Gasteiger partial charge < -0.3 is 10.2 Å². The molecule has 1 aliphatic heterocycles. The molecule has 19 heavy (non-hydrogen) atoms. The van der Waals surface area contributed by atoms with Gasteiger partial charge in [0.2, 0.25) is 0 Å². The van der Waals surface area contributed by atoms with Crippen LogP contribution in [0.15, 0.2) is 48.7 Å². The number of pyridine rings is 1. The summed E-state index contributed by atoms with van der Waals surface area (Å²) in [7, 11) is 2.08. The van der Waals surface area contributed by atoms with Crippen LogP contribution in [-0.4, -0.2) is 18.6 Å². The number of nitrogens with one attached hydrogen (secondary N) is 1. The van der Waals surface area contributed by atoms with Crippen LogP contribution in [0.3, 0.4) is 0 Å². The maximum absolute atomic E-state index is 4.59. The first kappa shape index (κ1) is 12.2. The number of aromatic nitrogens is 1. The van der Waals surface area contributed by atoms with Gasteiger partial charge in [-0.1, -0.05) is 24.3 Å². The number of para-hydroxylation sites is 1. The lowest BCUT2D eigenvalue weighted by Gasteiger charge is -2.23. The van der Waals surface area contributed by atoms with Crippen LogP contribution in [0.5, 0.6) is 0 Å². The van der Waals surface area contributed by atoms with Gasteiger partial charge in [-0.2, -0.15) is 0 Å². The summed E-state index contributed by atoms with van der Waals surface area (Å²) in [5.74, 6) is 1.05. The molecule has 1 fully saturated rings. The maximum atomic E-state index is 4.59. The molecule has 0 amide bonds. The van der Waals surface area contributed by atoms with Gasteiger partial charge in [0.05, 0.1) is 0 Å². The quantitative estimate of drug-likeness (QED) is 0.910. The van der Waals surface area contributed by atoms with E-state index in [0.29, 0.717) is 6.04 Å². The molecule has 0 radical (unpaired) electrons. The zero-order valence-corrected chi connectivity index (χ0v) is 11.2. The van der Waals surface area contributed by atoms with Crippen molar-refractivity contribution in [3.63, 3.8) is 0 Å². The molecule has 0 bridgehead atoms. The predicted octanol–water partition coefficient (Wildman–Crippen LogP) is 3.27. The lowest BCUT2D eigenvalue weighted by atomic mass is 10.1. The minimum atomic E-state index is 0.440. The third-order valence-electron chi connectivity index (χ3n) is 3.71. The largest absolute Gasteiger partial charge is 0.329 e. The van der Waals surface area contributed by atoms with E-state index in [9.17, 15) is 0 Å². The second-order valence-electron chi connectivity index (χ2n) is 4.96. The van der Waals surface area contributed by atoms with E-state index in [1.807, 2.05) is 18.3 Å². The highest BCUT2D eigenvalue weighted by atomic mass is 15.2. The Kier molecular flexibility index (Phi) is 3.47. The third-order valence-corrected chi connectivity index (χ3v) is 3.71. The van der Waals surface area contributed by atoms with Gasteiger partial charge in [-0.15, -0.1) is 0 Å². The van der Waals surface area contributed by atoms with Gasteiger partial charge in [0.15, 0.2) is 0 Å². The Labute approximate surface area is 114 Å². The van der Waals surface area contributed by atoms with Gasteiger partial charge >= 0.3 is 0 Å². The van der Waals surface area contributed by atoms with Gasteiger partial charge in [-0.05, 0) is 37.6 Å². The van der Waals surface area contributed by atoms with Crippen LogP contribution < -0.4 is 10.2 Å². The fraction of sp³-hybridized carbons (Fsp3) is 0.312. The van der Waals surface area contributed by atoms with Crippen molar-refractivity contribution in [3.8, 4) is 0 Å². The van der Waals surface area contributed by atoms with Gasteiger partial charge in [-0.25, -0.2) is 4.98 Å². The molecule has 3 heteroatoms. The van der Waals surface area contributed by atoms with Crippen molar-refractivity contribution in [1.82, 2.24) is 10.3 Å². The number of nitrogens with zero attached hydrogens (tertiary/aromatic N) is 2. The number of hydrogen-bond donors (Lipinski definition) is 1. The second-order valence-corrected chi connectivity index (χ2v) is 4.96. The van der Waals surface area contributed by atoms with Crippen LogP contribution in [0, 0.1) is 0 Å². The molecule has 1 atom stereocenters. The highest BCUT2D eigenvalue weighted by molar-refractivity contribution is 5.62. The Hall–Kier alpha value is -1.87. The Balaban J connectivity index is 1.96. The van der Waals surface area contributed by atoms with Crippen LogP contribution in [0.1, 0.15) is 24.4 Å². The van der Waals surface area contributed by atoms with Gasteiger partial charge in [0, 0.05) is 30.5 Å². The first-order chi connectivity index (χ1) is 9.36. The molecule has 1 aliphatic rings. The highest BCUT2D eigenvalue weighted by Crippen LogP contribution is 2.32. The van der Waals surface area contributed by atoms with E-state index in [-0.39, 0.29) is 0 Å². The summed E-state index contributed by atoms with van der Waals surface area (Å²) in [4.78, 5) is 6.75. The van der Waals surface area contributed by atoms with Crippen LogP contribution in [0.2, 0.25) is 0 Å². The molecule has 1 aromatic heterocycles. The molecule has 3 nitrogen and oxygen atoms in total. The SMILES string of the molecule is CN(c1ccccc1)c1ncccc1[C@@H]1CCCN1. The Morgan fingerprint density at radius 2 is 2.00 bits per heavy atom. The molecule has 2 aromatic rings. The first-order valence-electron chi connectivity index (χ1n) is 6.83. The molecule has 2 heterocycles. The molecule has 0 saturated carbocycles. The van der Waals surface area contributed by atoms with Crippen molar-refractivity contribution < 1.29 is 0 Å². The summed E-state index contributed by atoms with van der Waals surface area (Å²) in [5.41, 5.74) is 2.46. The lowest BCUT2D eigenvalue weighted by molar-refractivity contribution is 0.645. The van der Waals surface area contributed by atoms with E-state index in [1.54, 1.807) is 0 Å². The van der Waals surface area contributed by atoms with Gasteiger partial charge in [0.1, 0.15) is 5.82 Å². The van der Waals surface area contributed by atoms with E-state index in [1.165, 1.54) is 24.1 Å². The highest BCUT2D eigenvalue weighted by Gasteiger charge is 2.21. The van der Waals surface area contributed by atoms with Gasteiger partial charge in [0.25, 0.3) is 0 Å². The van der Waals surface area contributed by atoms with Crippen molar-refractivity contribution in [2.45, 2.75) is 18.9 Å². The summed E-state index contributed by atoms with van der Waals surface area (Å²) < 4.78 is 0. The fourth-order valence-electron chi connectivity index (χ4n) is 2.69. The molecule has 1 N–H and O–H groups in total. The van der Waals surface area contributed by atoms with E-state index < -0.39 is 0 Å². The van der Waals surface area contributed by atoms with Crippen molar-refractivity contribution in [1.29, 1.82) is 0 Å². The van der Waals surface area contributed by atoms with Crippen LogP contribution >= 0.6 is 0 Å². The van der Waals surface area contributed by atoms with Crippen molar-refractivity contribution in [2.24, 2.45) is 0 Å².